The fourth-order valence-electron chi connectivity index (χ4n) is 4.03. The standard InChI is InChI=1S/C21H19ClN2O3/c22-16-3-1-2-14(12-16)15-4-5-17-18(13-15)23-19-6-7-21(26-10-11-27-21)8-9-24(19)20(17)25/h1-5,12-13H,6-11H2. The zero-order chi connectivity index (χ0) is 18.4. The highest BCUT2D eigenvalue weighted by molar-refractivity contribution is 6.30. The number of benzene rings is 2. The molecule has 0 aliphatic carbocycles. The highest BCUT2D eigenvalue weighted by atomic mass is 35.5. The zero-order valence-corrected chi connectivity index (χ0v) is 15.5. The number of nitrogens with zero attached hydrogens (tertiary/aromatic N) is 2. The van der Waals surface area contributed by atoms with Gasteiger partial charge in [-0.15, -0.1) is 0 Å². The van der Waals surface area contributed by atoms with Crippen LogP contribution < -0.4 is 5.56 Å². The molecule has 27 heavy (non-hydrogen) atoms. The van der Waals surface area contributed by atoms with E-state index in [9.17, 15) is 4.79 Å². The molecule has 5 nitrogen and oxygen atoms in total. The quantitative estimate of drug-likeness (QED) is 0.642. The largest absolute Gasteiger partial charge is 0.347 e. The minimum absolute atomic E-state index is 0.00249. The minimum Gasteiger partial charge on any atom is -0.347 e. The van der Waals surface area contributed by atoms with Crippen molar-refractivity contribution < 1.29 is 9.47 Å². The lowest BCUT2D eigenvalue weighted by atomic mass is 10.0. The van der Waals surface area contributed by atoms with Gasteiger partial charge in [-0.1, -0.05) is 29.8 Å². The van der Waals surface area contributed by atoms with Crippen LogP contribution in [0.4, 0.5) is 0 Å². The summed E-state index contributed by atoms with van der Waals surface area (Å²) in [5.74, 6) is 0.241. The van der Waals surface area contributed by atoms with Crippen molar-refractivity contribution in [2.75, 3.05) is 13.2 Å². The molecule has 1 saturated heterocycles. The highest BCUT2D eigenvalue weighted by Crippen LogP contribution is 2.32. The SMILES string of the molecule is O=c1c2ccc(-c3cccc(Cl)c3)cc2nc2n1CCC1(CC2)OCCO1. The van der Waals surface area contributed by atoms with Crippen molar-refractivity contribution in [3.63, 3.8) is 0 Å². The summed E-state index contributed by atoms with van der Waals surface area (Å²) in [6, 6.07) is 13.5. The average Bonchev–Trinajstić information content (AvgIpc) is 3.06. The zero-order valence-electron chi connectivity index (χ0n) is 14.8. The van der Waals surface area contributed by atoms with Gasteiger partial charge in [-0.05, 0) is 35.4 Å². The number of hydrogen-bond acceptors (Lipinski definition) is 4. The molecule has 0 radical (unpaired) electrons. The van der Waals surface area contributed by atoms with Crippen molar-refractivity contribution in [1.29, 1.82) is 0 Å². The first kappa shape index (κ1) is 16.9. The predicted molar refractivity (Wildman–Crippen MR) is 104 cm³/mol. The van der Waals surface area contributed by atoms with E-state index in [0.717, 1.165) is 23.4 Å². The van der Waals surface area contributed by atoms with Crippen LogP contribution in [0.2, 0.25) is 5.02 Å². The fourth-order valence-corrected chi connectivity index (χ4v) is 4.22. The van der Waals surface area contributed by atoms with Gasteiger partial charge in [0.05, 0.1) is 24.1 Å². The van der Waals surface area contributed by atoms with E-state index in [1.165, 1.54) is 0 Å². The maximum absolute atomic E-state index is 13.1. The van der Waals surface area contributed by atoms with Gasteiger partial charge in [-0.3, -0.25) is 9.36 Å². The van der Waals surface area contributed by atoms with Crippen LogP contribution in [-0.4, -0.2) is 28.6 Å². The van der Waals surface area contributed by atoms with Crippen LogP contribution in [0.25, 0.3) is 22.0 Å². The average molecular weight is 383 g/mol. The van der Waals surface area contributed by atoms with Crippen molar-refractivity contribution in [1.82, 2.24) is 9.55 Å². The number of hydrogen-bond donors (Lipinski definition) is 0. The van der Waals surface area contributed by atoms with E-state index in [-0.39, 0.29) is 5.56 Å². The van der Waals surface area contributed by atoms with Crippen LogP contribution >= 0.6 is 11.6 Å². The summed E-state index contributed by atoms with van der Waals surface area (Å²) < 4.78 is 13.5. The molecule has 3 aromatic rings. The molecule has 0 amide bonds. The van der Waals surface area contributed by atoms with Crippen LogP contribution in [0.15, 0.2) is 47.3 Å². The molecule has 6 heteroatoms. The summed E-state index contributed by atoms with van der Waals surface area (Å²) >= 11 is 6.12. The summed E-state index contributed by atoms with van der Waals surface area (Å²) in [4.78, 5) is 17.9. The van der Waals surface area contributed by atoms with E-state index < -0.39 is 5.79 Å². The Morgan fingerprint density at radius 2 is 1.85 bits per heavy atom. The Morgan fingerprint density at radius 3 is 2.67 bits per heavy atom. The molecule has 2 aromatic carbocycles. The van der Waals surface area contributed by atoms with Gasteiger partial charge < -0.3 is 9.47 Å². The monoisotopic (exact) mass is 382 g/mol. The van der Waals surface area contributed by atoms with Crippen LogP contribution in [-0.2, 0) is 22.4 Å². The van der Waals surface area contributed by atoms with E-state index in [1.807, 2.05) is 42.5 Å². The van der Waals surface area contributed by atoms with Crippen molar-refractivity contribution >= 4 is 22.5 Å². The molecule has 0 saturated carbocycles. The van der Waals surface area contributed by atoms with Gasteiger partial charge in [-0.2, -0.15) is 0 Å². The van der Waals surface area contributed by atoms with Crippen molar-refractivity contribution in [2.45, 2.75) is 31.6 Å². The maximum atomic E-state index is 13.1. The first-order valence-electron chi connectivity index (χ1n) is 9.21. The minimum atomic E-state index is -0.557. The Morgan fingerprint density at radius 1 is 1.04 bits per heavy atom. The van der Waals surface area contributed by atoms with E-state index >= 15 is 0 Å². The van der Waals surface area contributed by atoms with Crippen LogP contribution in [0.3, 0.4) is 0 Å². The molecule has 0 bridgehead atoms. The van der Waals surface area contributed by atoms with E-state index in [1.54, 1.807) is 4.57 Å². The first-order valence-corrected chi connectivity index (χ1v) is 9.59. The normalized spacial score (nSPS) is 18.6. The lowest BCUT2D eigenvalue weighted by Crippen LogP contribution is -2.31. The lowest BCUT2D eigenvalue weighted by Gasteiger charge is -2.24. The van der Waals surface area contributed by atoms with Gasteiger partial charge in [-0.25, -0.2) is 4.98 Å². The second-order valence-electron chi connectivity index (χ2n) is 7.08. The Kier molecular flexibility index (Phi) is 4.04. The fraction of sp³-hybridized carbons (Fsp3) is 0.333. The molecule has 0 N–H and O–H groups in total. The van der Waals surface area contributed by atoms with E-state index in [4.69, 9.17) is 26.1 Å². The lowest BCUT2D eigenvalue weighted by molar-refractivity contribution is -0.165. The smallest absolute Gasteiger partial charge is 0.261 e. The number of rotatable bonds is 1. The highest BCUT2D eigenvalue weighted by Gasteiger charge is 2.38. The van der Waals surface area contributed by atoms with Crippen molar-refractivity contribution in [3.8, 4) is 11.1 Å². The van der Waals surface area contributed by atoms with Crippen LogP contribution in [0.1, 0.15) is 18.7 Å². The van der Waals surface area contributed by atoms with Crippen LogP contribution in [0.5, 0.6) is 0 Å². The van der Waals surface area contributed by atoms with Gasteiger partial charge >= 0.3 is 0 Å². The van der Waals surface area contributed by atoms with E-state index in [0.29, 0.717) is 48.5 Å². The molecule has 5 rings (SSSR count). The number of fused-ring (bicyclic) bond motifs is 2. The first-order chi connectivity index (χ1) is 13.1. The Labute approximate surface area is 161 Å². The summed E-state index contributed by atoms with van der Waals surface area (Å²) in [6.45, 7) is 1.79. The molecule has 1 spiro atoms. The Bertz CT molecular complexity index is 1090. The van der Waals surface area contributed by atoms with Crippen molar-refractivity contribution in [3.05, 3.63) is 63.7 Å². The summed E-state index contributed by atoms with van der Waals surface area (Å²) in [6.07, 6.45) is 2.05. The molecule has 138 valence electrons. The van der Waals surface area contributed by atoms with Gasteiger partial charge in [0.15, 0.2) is 5.79 Å². The van der Waals surface area contributed by atoms with E-state index in [2.05, 4.69) is 0 Å². The third kappa shape index (κ3) is 2.96. The molecule has 1 aromatic heterocycles. The molecule has 0 atom stereocenters. The Hall–Kier alpha value is -2.21. The maximum Gasteiger partial charge on any atom is 0.261 e. The second kappa shape index (κ2) is 6.44. The van der Waals surface area contributed by atoms with Crippen LogP contribution in [0, 0.1) is 0 Å². The molecule has 2 aliphatic rings. The molecular weight excluding hydrogens is 364 g/mol. The van der Waals surface area contributed by atoms with Crippen molar-refractivity contribution in [2.24, 2.45) is 0 Å². The molecule has 0 unspecified atom stereocenters. The number of aromatic nitrogens is 2. The Balaban J connectivity index is 1.59. The summed E-state index contributed by atoms with van der Waals surface area (Å²) in [5, 5.41) is 1.32. The van der Waals surface area contributed by atoms with Gasteiger partial charge in [0.2, 0.25) is 0 Å². The molecule has 3 heterocycles. The number of aryl methyl sites for hydroxylation is 1. The van der Waals surface area contributed by atoms with Gasteiger partial charge in [0, 0.05) is 30.8 Å². The third-order valence-electron chi connectivity index (χ3n) is 5.45. The molecule has 1 fully saturated rings. The predicted octanol–water partition coefficient (Wildman–Crippen LogP) is 3.80. The summed E-state index contributed by atoms with van der Waals surface area (Å²) in [5.41, 5.74) is 2.72. The molecular formula is C21H19ClN2O3. The topological polar surface area (TPSA) is 53.4 Å². The summed E-state index contributed by atoms with van der Waals surface area (Å²) in [7, 11) is 0. The number of ether oxygens (including phenoxy) is 2. The van der Waals surface area contributed by atoms with Gasteiger partial charge in [0.1, 0.15) is 5.82 Å². The third-order valence-corrected chi connectivity index (χ3v) is 5.69. The number of halogens is 1. The second-order valence-corrected chi connectivity index (χ2v) is 7.52. The van der Waals surface area contributed by atoms with Gasteiger partial charge in [0.25, 0.3) is 5.56 Å². The molecule has 2 aliphatic heterocycles.